The predicted octanol–water partition coefficient (Wildman–Crippen LogP) is 1.34. The average Bonchev–Trinajstić information content (AvgIpc) is 3.01. The van der Waals surface area contributed by atoms with Gasteiger partial charge in [0, 0.05) is 40.3 Å². The minimum Gasteiger partial charge on any atom is -0.355 e. The third-order valence-corrected chi connectivity index (χ3v) is 4.34. The van der Waals surface area contributed by atoms with E-state index in [-0.39, 0.29) is 0 Å². The van der Waals surface area contributed by atoms with Gasteiger partial charge in [0.25, 0.3) is 0 Å². The number of benzene rings is 1. The standard InChI is InChI=1S/C18H29N7/c1-15(23(3)12-16-9-7-6-8-10-16)11-20-18(19-2)24(4)13-17-21-14-22-25(17)5/h6-10,14-15H,11-13H2,1-5H3,(H,19,20). The summed E-state index contributed by atoms with van der Waals surface area (Å²) in [7, 11) is 7.84. The Bertz CT molecular complexity index is 665. The fourth-order valence-electron chi connectivity index (χ4n) is 2.56. The molecule has 2 aromatic rings. The van der Waals surface area contributed by atoms with Crippen LogP contribution in [0.2, 0.25) is 0 Å². The highest BCUT2D eigenvalue weighted by Crippen LogP contribution is 2.06. The molecule has 0 aliphatic heterocycles. The van der Waals surface area contributed by atoms with E-state index < -0.39 is 0 Å². The van der Waals surface area contributed by atoms with Crippen molar-refractivity contribution in [2.75, 3.05) is 27.7 Å². The first-order valence-electron chi connectivity index (χ1n) is 8.50. The second kappa shape index (κ2) is 9.17. The maximum atomic E-state index is 4.37. The fourth-order valence-corrected chi connectivity index (χ4v) is 2.56. The van der Waals surface area contributed by atoms with Gasteiger partial charge in [-0.15, -0.1) is 0 Å². The number of rotatable bonds is 7. The van der Waals surface area contributed by atoms with E-state index in [4.69, 9.17) is 0 Å². The number of hydrogen-bond acceptors (Lipinski definition) is 4. The van der Waals surface area contributed by atoms with E-state index in [1.165, 1.54) is 5.56 Å². The molecule has 7 heteroatoms. The number of nitrogens with one attached hydrogen (secondary N) is 1. The van der Waals surface area contributed by atoms with Gasteiger partial charge in [0.05, 0.1) is 6.54 Å². The molecule has 0 aliphatic carbocycles. The van der Waals surface area contributed by atoms with E-state index in [0.29, 0.717) is 12.6 Å². The molecule has 1 aromatic carbocycles. The highest BCUT2D eigenvalue weighted by molar-refractivity contribution is 5.79. The molecule has 1 N–H and O–H groups in total. The Kier molecular flexibility index (Phi) is 6.94. The van der Waals surface area contributed by atoms with Crippen LogP contribution >= 0.6 is 0 Å². The van der Waals surface area contributed by atoms with Gasteiger partial charge in [-0.05, 0) is 19.5 Å². The van der Waals surface area contributed by atoms with Crippen molar-refractivity contribution in [3.63, 3.8) is 0 Å². The Hall–Kier alpha value is -2.41. The number of likely N-dealkylation sites (N-methyl/N-ethyl adjacent to an activating group) is 1. The van der Waals surface area contributed by atoms with Crippen LogP contribution in [0.4, 0.5) is 0 Å². The molecule has 0 aliphatic rings. The van der Waals surface area contributed by atoms with Gasteiger partial charge in [-0.1, -0.05) is 30.3 Å². The summed E-state index contributed by atoms with van der Waals surface area (Å²) < 4.78 is 1.78. The molecule has 1 aromatic heterocycles. The van der Waals surface area contributed by atoms with Crippen molar-refractivity contribution in [3.8, 4) is 0 Å². The number of nitrogens with zero attached hydrogens (tertiary/aromatic N) is 6. The van der Waals surface area contributed by atoms with E-state index in [1.807, 2.05) is 25.1 Å². The summed E-state index contributed by atoms with van der Waals surface area (Å²) >= 11 is 0. The van der Waals surface area contributed by atoms with Crippen molar-refractivity contribution >= 4 is 5.96 Å². The molecule has 0 radical (unpaired) electrons. The lowest BCUT2D eigenvalue weighted by molar-refractivity contribution is 0.247. The monoisotopic (exact) mass is 343 g/mol. The molecular formula is C18H29N7. The average molecular weight is 343 g/mol. The van der Waals surface area contributed by atoms with Gasteiger partial charge in [0.1, 0.15) is 12.2 Å². The molecule has 1 heterocycles. The molecule has 0 amide bonds. The molecule has 1 unspecified atom stereocenters. The lowest BCUT2D eigenvalue weighted by Gasteiger charge is -2.28. The maximum Gasteiger partial charge on any atom is 0.193 e. The van der Waals surface area contributed by atoms with Gasteiger partial charge < -0.3 is 10.2 Å². The van der Waals surface area contributed by atoms with Crippen LogP contribution in [0.25, 0.3) is 0 Å². The lowest BCUT2D eigenvalue weighted by atomic mass is 10.2. The summed E-state index contributed by atoms with van der Waals surface area (Å²) in [6.45, 7) is 4.62. The van der Waals surface area contributed by atoms with Gasteiger partial charge in [-0.25, -0.2) is 4.98 Å². The van der Waals surface area contributed by atoms with Crippen molar-refractivity contribution in [3.05, 3.63) is 48.0 Å². The summed E-state index contributed by atoms with van der Waals surface area (Å²) in [5.74, 6) is 1.75. The van der Waals surface area contributed by atoms with Crippen molar-refractivity contribution in [1.29, 1.82) is 0 Å². The van der Waals surface area contributed by atoms with Crippen LogP contribution in [-0.2, 0) is 20.1 Å². The van der Waals surface area contributed by atoms with Crippen molar-refractivity contribution in [2.45, 2.75) is 26.1 Å². The smallest absolute Gasteiger partial charge is 0.193 e. The highest BCUT2D eigenvalue weighted by Gasteiger charge is 2.13. The lowest BCUT2D eigenvalue weighted by Crippen LogP contribution is -2.45. The summed E-state index contributed by atoms with van der Waals surface area (Å²) in [4.78, 5) is 13.0. The molecule has 1 atom stereocenters. The summed E-state index contributed by atoms with van der Waals surface area (Å²) in [5, 5.41) is 7.55. The molecule has 0 fully saturated rings. The maximum absolute atomic E-state index is 4.37. The molecule has 2 rings (SSSR count). The Morgan fingerprint density at radius 2 is 1.96 bits per heavy atom. The summed E-state index contributed by atoms with van der Waals surface area (Å²) in [6, 6.07) is 10.9. The molecule has 0 saturated heterocycles. The number of guanidine groups is 1. The van der Waals surface area contributed by atoms with Gasteiger partial charge in [-0.3, -0.25) is 14.6 Å². The van der Waals surface area contributed by atoms with E-state index in [0.717, 1.165) is 24.9 Å². The normalized spacial score (nSPS) is 13.1. The summed E-state index contributed by atoms with van der Waals surface area (Å²) in [6.07, 6.45) is 1.57. The highest BCUT2D eigenvalue weighted by atomic mass is 15.4. The van der Waals surface area contributed by atoms with Crippen LogP contribution in [0.3, 0.4) is 0 Å². The van der Waals surface area contributed by atoms with Gasteiger partial charge in [0.2, 0.25) is 0 Å². The van der Waals surface area contributed by atoms with E-state index >= 15 is 0 Å². The van der Waals surface area contributed by atoms with Crippen LogP contribution < -0.4 is 5.32 Å². The minimum absolute atomic E-state index is 0.375. The summed E-state index contributed by atoms with van der Waals surface area (Å²) in [5.41, 5.74) is 1.32. The zero-order chi connectivity index (χ0) is 18.2. The molecule has 0 bridgehead atoms. The van der Waals surface area contributed by atoms with Gasteiger partial charge in [-0.2, -0.15) is 5.10 Å². The number of aryl methyl sites for hydroxylation is 1. The van der Waals surface area contributed by atoms with Crippen LogP contribution in [0.1, 0.15) is 18.3 Å². The fraction of sp³-hybridized carbons (Fsp3) is 0.500. The zero-order valence-corrected chi connectivity index (χ0v) is 15.8. The third kappa shape index (κ3) is 5.56. The number of hydrogen-bond donors (Lipinski definition) is 1. The molecule has 0 spiro atoms. The Morgan fingerprint density at radius 1 is 1.24 bits per heavy atom. The SMILES string of the molecule is CN=C(NCC(C)N(C)Cc1ccccc1)N(C)Cc1ncnn1C. The second-order valence-electron chi connectivity index (χ2n) is 6.33. The quantitative estimate of drug-likeness (QED) is 0.607. The van der Waals surface area contributed by atoms with Crippen LogP contribution in [-0.4, -0.2) is 64.3 Å². The van der Waals surface area contributed by atoms with Gasteiger partial charge in [0.15, 0.2) is 5.96 Å². The topological polar surface area (TPSA) is 61.6 Å². The third-order valence-electron chi connectivity index (χ3n) is 4.34. The Labute approximate surface area is 150 Å². The number of aliphatic imine (C=N–C) groups is 1. The zero-order valence-electron chi connectivity index (χ0n) is 15.8. The Morgan fingerprint density at radius 3 is 2.56 bits per heavy atom. The van der Waals surface area contributed by atoms with E-state index in [2.05, 4.69) is 63.5 Å². The predicted molar refractivity (Wildman–Crippen MR) is 101 cm³/mol. The van der Waals surface area contributed by atoms with Crippen molar-refractivity contribution < 1.29 is 0 Å². The van der Waals surface area contributed by atoms with Crippen molar-refractivity contribution in [2.24, 2.45) is 12.0 Å². The minimum atomic E-state index is 0.375. The van der Waals surface area contributed by atoms with Gasteiger partial charge >= 0.3 is 0 Å². The second-order valence-corrected chi connectivity index (χ2v) is 6.33. The molecule has 7 nitrogen and oxygen atoms in total. The van der Waals surface area contributed by atoms with E-state index in [9.17, 15) is 0 Å². The van der Waals surface area contributed by atoms with Crippen LogP contribution in [0.5, 0.6) is 0 Å². The molecule has 25 heavy (non-hydrogen) atoms. The van der Waals surface area contributed by atoms with Crippen LogP contribution in [0, 0.1) is 0 Å². The molecule has 0 saturated carbocycles. The Balaban J connectivity index is 1.83. The van der Waals surface area contributed by atoms with E-state index in [1.54, 1.807) is 18.1 Å². The first kappa shape index (κ1) is 18.9. The molecular weight excluding hydrogens is 314 g/mol. The van der Waals surface area contributed by atoms with Crippen LogP contribution in [0.15, 0.2) is 41.7 Å². The first-order valence-corrected chi connectivity index (χ1v) is 8.50. The first-order chi connectivity index (χ1) is 12.0. The number of aromatic nitrogens is 3. The van der Waals surface area contributed by atoms with Crippen molar-refractivity contribution in [1.82, 2.24) is 29.9 Å². The largest absolute Gasteiger partial charge is 0.355 e. The molecule has 136 valence electrons.